The first kappa shape index (κ1) is 16.5. The summed E-state index contributed by atoms with van der Waals surface area (Å²) in [6.45, 7) is 0. The van der Waals surface area contributed by atoms with E-state index < -0.39 is 16.4 Å². The zero-order valence-electron chi connectivity index (χ0n) is 9.99. The Bertz CT molecular complexity index is 564. The van der Waals surface area contributed by atoms with Crippen LogP contribution < -0.4 is 0 Å². The second-order valence-corrected chi connectivity index (χ2v) is 4.55. The lowest BCUT2D eigenvalue weighted by molar-refractivity contribution is -0.137. The molecule has 0 aliphatic carbocycles. The van der Waals surface area contributed by atoms with Crippen molar-refractivity contribution in [2.24, 2.45) is 0 Å². The van der Waals surface area contributed by atoms with Gasteiger partial charge in [0.1, 0.15) is 0 Å². The summed E-state index contributed by atoms with van der Waals surface area (Å²) in [6.07, 6.45) is -4.29. The number of halogens is 5. The van der Waals surface area contributed by atoms with Crippen LogP contribution in [0.25, 0.3) is 11.1 Å². The molecule has 0 atom stereocenters. The average Bonchev–Trinajstić information content (AvgIpc) is 2.38. The molecule has 2 rings (SSSR count). The highest BCUT2D eigenvalue weighted by Crippen LogP contribution is 2.31. The van der Waals surface area contributed by atoms with Crippen molar-refractivity contribution in [3.63, 3.8) is 0 Å². The van der Waals surface area contributed by atoms with Crippen LogP contribution in [0.2, 0.25) is 0 Å². The van der Waals surface area contributed by atoms with E-state index in [-0.39, 0.29) is 0 Å². The van der Waals surface area contributed by atoms with Gasteiger partial charge in [-0.2, -0.15) is 13.2 Å². The van der Waals surface area contributed by atoms with Crippen molar-refractivity contribution < 1.29 is 18.0 Å². The molecule has 0 saturated heterocycles. The number of carbonyl (C=O) groups is 1. The van der Waals surface area contributed by atoms with Gasteiger partial charge in [0.2, 0.25) is 0 Å². The van der Waals surface area contributed by atoms with Gasteiger partial charge in [0.05, 0.1) is 5.56 Å². The highest BCUT2D eigenvalue weighted by molar-refractivity contribution is 6.93. The van der Waals surface area contributed by atoms with Crippen LogP contribution in [0.5, 0.6) is 0 Å². The molecular weight excluding hydrogens is 312 g/mol. The quantitative estimate of drug-likeness (QED) is 0.593. The highest BCUT2D eigenvalue weighted by atomic mass is 35.5. The Morgan fingerprint density at radius 1 is 0.850 bits per heavy atom. The molecule has 0 amide bonds. The molecule has 0 aliphatic rings. The van der Waals surface area contributed by atoms with Crippen molar-refractivity contribution in [2.45, 2.75) is 6.18 Å². The first-order valence-electron chi connectivity index (χ1n) is 5.38. The van der Waals surface area contributed by atoms with Gasteiger partial charge < -0.3 is 0 Å². The molecule has 0 unspecified atom stereocenters. The van der Waals surface area contributed by atoms with Gasteiger partial charge in [-0.3, -0.25) is 4.79 Å². The minimum Gasteiger partial charge on any atom is -0.262 e. The molecule has 0 radical (unpaired) electrons. The fourth-order valence-electron chi connectivity index (χ4n) is 1.51. The lowest BCUT2D eigenvalue weighted by Crippen LogP contribution is -2.04. The smallest absolute Gasteiger partial charge is 0.262 e. The van der Waals surface area contributed by atoms with Crippen LogP contribution in [0.15, 0.2) is 54.6 Å². The van der Waals surface area contributed by atoms with E-state index in [1.807, 2.05) is 6.07 Å². The lowest BCUT2D eigenvalue weighted by atomic mass is 10.0. The first-order valence-corrected chi connectivity index (χ1v) is 6.14. The first-order chi connectivity index (χ1) is 9.30. The minimum atomic E-state index is -4.29. The topological polar surface area (TPSA) is 17.1 Å². The summed E-state index contributed by atoms with van der Waals surface area (Å²) in [6, 6.07) is 14.3. The molecule has 0 spiro atoms. The van der Waals surface area contributed by atoms with Crippen LogP contribution in [0.1, 0.15) is 5.56 Å². The third-order valence-corrected chi connectivity index (χ3v) is 2.30. The summed E-state index contributed by atoms with van der Waals surface area (Å²) in [4.78, 5) is 8.98. The monoisotopic (exact) mass is 320 g/mol. The molecule has 2 aromatic carbocycles. The predicted molar refractivity (Wildman–Crippen MR) is 74.0 cm³/mol. The van der Waals surface area contributed by atoms with E-state index in [1.54, 1.807) is 30.3 Å². The van der Waals surface area contributed by atoms with Crippen molar-refractivity contribution in [1.29, 1.82) is 0 Å². The molecule has 0 saturated carbocycles. The fraction of sp³-hybridized carbons (Fsp3) is 0.0714. The number of rotatable bonds is 1. The molecular formula is C14H9Cl2F3O. The Balaban J connectivity index is 0.000000444. The average molecular weight is 321 g/mol. The molecule has 1 nitrogen and oxygen atoms in total. The Labute approximate surface area is 123 Å². The van der Waals surface area contributed by atoms with Gasteiger partial charge in [-0.05, 0) is 46.5 Å². The number of hydrogen-bond acceptors (Lipinski definition) is 1. The van der Waals surface area contributed by atoms with Gasteiger partial charge in [0.15, 0.2) is 0 Å². The Hall–Kier alpha value is -1.52. The van der Waals surface area contributed by atoms with Crippen molar-refractivity contribution >= 4 is 27.9 Å². The zero-order chi connectivity index (χ0) is 15.2. The van der Waals surface area contributed by atoms with Gasteiger partial charge in [-0.25, -0.2) is 0 Å². The Morgan fingerprint density at radius 2 is 1.35 bits per heavy atom. The van der Waals surface area contributed by atoms with Crippen LogP contribution in [-0.2, 0) is 6.18 Å². The summed E-state index contributed by atoms with van der Waals surface area (Å²) in [5.41, 5.74) is 0.748. The number of alkyl halides is 3. The standard InChI is InChI=1S/C13H9F3.CCl2O/c14-13(15,16)12-8-4-7-11(9-12)10-5-2-1-3-6-10;2-1(3)4/h1-9H;. The molecule has 0 aromatic heterocycles. The molecule has 0 N–H and O–H groups in total. The van der Waals surface area contributed by atoms with Crippen molar-refractivity contribution in [2.75, 3.05) is 0 Å². The Morgan fingerprint density at radius 3 is 1.85 bits per heavy atom. The third kappa shape index (κ3) is 5.63. The number of hydrogen-bond donors (Lipinski definition) is 0. The number of benzene rings is 2. The van der Waals surface area contributed by atoms with Crippen LogP contribution in [0.4, 0.5) is 18.0 Å². The lowest BCUT2D eigenvalue weighted by Gasteiger charge is -2.08. The van der Waals surface area contributed by atoms with Gasteiger partial charge in [-0.15, -0.1) is 0 Å². The summed E-state index contributed by atoms with van der Waals surface area (Å²) in [5, 5.41) is 0. The largest absolute Gasteiger partial charge is 0.416 e. The zero-order valence-corrected chi connectivity index (χ0v) is 11.5. The van der Waals surface area contributed by atoms with E-state index in [1.165, 1.54) is 6.07 Å². The van der Waals surface area contributed by atoms with E-state index in [4.69, 9.17) is 4.79 Å². The predicted octanol–water partition coefficient (Wildman–Crippen LogP) is 5.96. The van der Waals surface area contributed by atoms with Gasteiger partial charge in [0, 0.05) is 0 Å². The van der Waals surface area contributed by atoms with Gasteiger partial charge >= 0.3 is 10.9 Å². The Kier molecular flexibility index (Phi) is 6.05. The van der Waals surface area contributed by atoms with E-state index in [9.17, 15) is 13.2 Å². The maximum Gasteiger partial charge on any atom is 0.416 e. The summed E-state index contributed by atoms with van der Waals surface area (Å²) >= 11 is 8.80. The molecule has 106 valence electrons. The normalized spacial score (nSPS) is 10.4. The van der Waals surface area contributed by atoms with Crippen LogP contribution in [0, 0.1) is 0 Å². The van der Waals surface area contributed by atoms with Crippen LogP contribution in [-0.4, -0.2) is 4.70 Å². The molecule has 0 bridgehead atoms. The summed E-state index contributed by atoms with van der Waals surface area (Å²) in [5.74, 6) is 0. The molecule has 0 heterocycles. The molecule has 2 aromatic rings. The highest BCUT2D eigenvalue weighted by Gasteiger charge is 2.30. The van der Waals surface area contributed by atoms with Crippen molar-refractivity contribution in [1.82, 2.24) is 0 Å². The summed E-state index contributed by atoms with van der Waals surface area (Å²) < 4.78 is 36.6. The second kappa shape index (κ2) is 7.31. The molecule has 0 aliphatic heterocycles. The minimum absolute atomic E-state index is 0.579. The van der Waals surface area contributed by atoms with E-state index in [2.05, 4.69) is 23.2 Å². The SMILES string of the molecule is FC(F)(F)c1cccc(-c2ccccc2)c1.O=C(Cl)Cl. The summed E-state index contributed by atoms with van der Waals surface area (Å²) in [7, 11) is 0. The maximum absolute atomic E-state index is 12.5. The van der Waals surface area contributed by atoms with Gasteiger partial charge in [0.25, 0.3) is 0 Å². The maximum atomic E-state index is 12.5. The van der Waals surface area contributed by atoms with Crippen molar-refractivity contribution in [3.8, 4) is 11.1 Å². The van der Waals surface area contributed by atoms with Crippen LogP contribution >= 0.6 is 23.2 Å². The molecule has 6 heteroatoms. The van der Waals surface area contributed by atoms with E-state index in [0.29, 0.717) is 5.56 Å². The van der Waals surface area contributed by atoms with E-state index >= 15 is 0 Å². The molecule has 0 fully saturated rings. The fourth-order valence-corrected chi connectivity index (χ4v) is 1.51. The van der Waals surface area contributed by atoms with E-state index in [0.717, 1.165) is 17.7 Å². The van der Waals surface area contributed by atoms with Crippen molar-refractivity contribution in [3.05, 3.63) is 60.2 Å². The number of carbonyl (C=O) groups excluding carboxylic acids is 1. The van der Waals surface area contributed by atoms with Gasteiger partial charge in [-0.1, -0.05) is 42.5 Å². The second-order valence-electron chi connectivity index (χ2n) is 3.67. The molecule has 20 heavy (non-hydrogen) atoms. The third-order valence-electron chi connectivity index (χ3n) is 2.30. The van der Waals surface area contributed by atoms with Crippen LogP contribution in [0.3, 0.4) is 0 Å².